The maximum Gasteiger partial charge on any atom is 0.119 e. The normalized spacial score (nSPS) is 12.3. The molecule has 0 unspecified atom stereocenters. The van der Waals surface area contributed by atoms with E-state index < -0.39 is 0 Å². The lowest BCUT2D eigenvalue weighted by atomic mass is 10.0. The summed E-state index contributed by atoms with van der Waals surface area (Å²) in [6.07, 6.45) is 21.1. The monoisotopic (exact) mass is 904 g/mol. The van der Waals surface area contributed by atoms with E-state index in [9.17, 15) is 0 Å². The fraction of sp³-hybridized carbons (Fsp3) is 0.448. The minimum atomic E-state index is 0.658. The first-order valence-electron chi connectivity index (χ1n) is 25.7. The van der Waals surface area contributed by atoms with Crippen LogP contribution < -0.4 is 9.47 Å². The Morgan fingerprint density at radius 1 is 0.433 bits per heavy atom. The average Bonchev–Trinajstić information content (AvgIpc) is 4.20. The molecule has 356 valence electrons. The summed E-state index contributed by atoms with van der Waals surface area (Å²) in [5, 5.41) is 0. The third kappa shape index (κ3) is 14.5. The Hall–Kier alpha value is -5.48. The smallest absolute Gasteiger partial charge is 0.119 e. The molecule has 5 heterocycles. The highest BCUT2D eigenvalue weighted by molar-refractivity contribution is 5.93. The summed E-state index contributed by atoms with van der Waals surface area (Å²) in [5.74, 6) is 1.75. The number of hydrogen-bond acceptors (Lipinski definition) is 7. The number of H-pyrrole nitrogens is 2. The summed E-state index contributed by atoms with van der Waals surface area (Å²) in [6, 6.07) is 29.7. The molecule has 2 aromatic carbocycles. The lowest BCUT2D eigenvalue weighted by Crippen LogP contribution is -2.40. The van der Waals surface area contributed by atoms with Crippen LogP contribution in [0.25, 0.3) is 68.6 Å². The van der Waals surface area contributed by atoms with Gasteiger partial charge in [-0.1, -0.05) is 110 Å². The molecule has 8 bridgehead atoms. The van der Waals surface area contributed by atoms with Gasteiger partial charge >= 0.3 is 0 Å². The summed E-state index contributed by atoms with van der Waals surface area (Å²) in [6.45, 7) is 22.4. The first-order valence-corrected chi connectivity index (χ1v) is 25.7. The largest absolute Gasteiger partial charge is 0.494 e. The molecule has 0 atom stereocenters. The fourth-order valence-electron chi connectivity index (χ4n) is 9.22. The van der Waals surface area contributed by atoms with Crippen molar-refractivity contribution in [3.8, 4) is 33.8 Å². The first kappa shape index (κ1) is 49.4. The van der Waals surface area contributed by atoms with Gasteiger partial charge in [0.05, 0.1) is 36.0 Å². The molecule has 0 amide bonds. The second-order valence-corrected chi connectivity index (χ2v) is 18.0. The van der Waals surface area contributed by atoms with Crippen LogP contribution in [0.2, 0.25) is 0 Å². The molecule has 0 saturated heterocycles. The van der Waals surface area contributed by atoms with E-state index in [1.54, 1.807) is 0 Å². The van der Waals surface area contributed by atoms with E-state index in [0.29, 0.717) is 6.61 Å². The molecule has 0 aliphatic carbocycles. The lowest BCUT2D eigenvalue weighted by molar-refractivity contribution is 0.175. The van der Waals surface area contributed by atoms with Crippen molar-refractivity contribution in [3.63, 3.8) is 0 Å². The molecule has 9 heteroatoms. The van der Waals surface area contributed by atoms with Crippen LogP contribution in [0.1, 0.15) is 122 Å². The minimum Gasteiger partial charge on any atom is -0.494 e. The summed E-state index contributed by atoms with van der Waals surface area (Å²) < 4.78 is 12.8. The Morgan fingerprint density at radius 3 is 1.36 bits per heavy atom. The van der Waals surface area contributed by atoms with Crippen LogP contribution in [0.4, 0.5) is 0 Å². The molecule has 2 aliphatic rings. The Kier molecular flexibility index (Phi) is 19.3. The number of nitrogens with zero attached hydrogens (tertiary/aromatic N) is 5. The Morgan fingerprint density at radius 2 is 0.881 bits per heavy atom. The number of benzene rings is 2. The number of aromatic nitrogens is 4. The van der Waals surface area contributed by atoms with Crippen molar-refractivity contribution in [2.75, 3.05) is 72.1 Å². The topological polar surface area (TPSA) is 85.5 Å². The van der Waals surface area contributed by atoms with Crippen LogP contribution in [-0.4, -0.2) is 107 Å². The zero-order valence-corrected chi connectivity index (χ0v) is 41.3. The van der Waals surface area contributed by atoms with Gasteiger partial charge in [-0.2, -0.15) is 0 Å². The second kappa shape index (κ2) is 26.2. The highest BCUT2D eigenvalue weighted by Crippen LogP contribution is 2.34. The van der Waals surface area contributed by atoms with E-state index >= 15 is 0 Å². The fourth-order valence-corrected chi connectivity index (χ4v) is 9.22. The lowest BCUT2D eigenvalue weighted by Gasteiger charge is -2.28. The number of ether oxygens (including phenoxy) is 2. The SMILES string of the molecule is CCCCCCCCCCCOc1cccc(-c2c3nc(cc4ccc([nH]4)c(-c4cccc(OCCCN(CCN(CC)CC)CCN(CC)CC)c4)c4nc(cc5ccc2[nH]5)C=C4)C=C3)c1. The van der Waals surface area contributed by atoms with Crippen LogP contribution >= 0.6 is 0 Å². The number of fused-ring (bicyclic) bond motifs is 8. The van der Waals surface area contributed by atoms with Crippen molar-refractivity contribution in [3.05, 3.63) is 108 Å². The first-order chi connectivity index (χ1) is 33.0. The van der Waals surface area contributed by atoms with Crippen molar-refractivity contribution in [1.82, 2.24) is 34.6 Å². The average molecular weight is 904 g/mol. The van der Waals surface area contributed by atoms with Gasteiger partial charge in [0.25, 0.3) is 0 Å². The quantitative estimate of drug-likeness (QED) is 0.0474. The van der Waals surface area contributed by atoms with Crippen LogP contribution in [0, 0.1) is 0 Å². The van der Waals surface area contributed by atoms with Gasteiger partial charge in [0.15, 0.2) is 0 Å². The van der Waals surface area contributed by atoms with Gasteiger partial charge in [0.2, 0.25) is 0 Å². The van der Waals surface area contributed by atoms with Gasteiger partial charge in [-0.15, -0.1) is 0 Å². The maximum absolute atomic E-state index is 6.49. The Balaban J connectivity index is 1.11. The van der Waals surface area contributed by atoms with E-state index in [2.05, 4.69) is 169 Å². The zero-order valence-electron chi connectivity index (χ0n) is 41.3. The zero-order chi connectivity index (χ0) is 46.6. The van der Waals surface area contributed by atoms with Gasteiger partial charge < -0.3 is 34.1 Å². The van der Waals surface area contributed by atoms with Gasteiger partial charge in [-0.25, -0.2) is 9.97 Å². The molecule has 67 heavy (non-hydrogen) atoms. The number of rotatable bonds is 28. The Bertz CT molecular complexity index is 2510. The summed E-state index contributed by atoms with van der Waals surface area (Å²) in [7, 11) is 0. The molecule has 7 rings (SSSR count). The van der Waals surface area contributed by atoms with Crippen molar-refractivity contribution < 1.29 is 9.47 Å². The number of nitrogens with one attached hydrogen (secondary N) is 2. The highest BCUT2D eigenvalue weighted by atomic mass is 16.5. The predicted octanol–water partition coefficient (Wildman–Crippen LogP) is 13.7. The van der Waals surface area contributed by atoms with E-state index in [-0.39, 0.29) is 0 Å². The molecule has 2 N–H and O–H groups in total. The van der Waals surface area contributed by atoms with E-state index in [4.69, 9.17) is 19.4 Å². The van der Waals surface area contributed by atoms with Gasteiger partial charge in [-0.3, -0.25) is 0 Å². The Labute approximate surface area is 401 Å². The minimum absolute atomic E-state index is 0.658. The third-order valence-corrected chi connectivity index (χ3v) is 13.3. The van der Waals surface area contributed by atoms with Gasteiger partial charge in [0.1, 0.15) is 11.5 Å². The number of likely N-dealkylation sites (N-methyl/N-ethyl adjacent to an activating group) is 2. The molecule has 3 aromatic heterocycles. The van der Waals surface area contributed by atoms with Gasteiger partial charge in [0, 0.05) is 65.9 Å². The summed E-state index contributed by atoms with van der Waals surface area (Å²) >= 11 is 0. The molecule has 2 aliphatic heterocycles. The second-order valence-electron chi connectivity index (χ2n) is 18.0. The van der Waals surface area contributed by atoms with Crippen LogP contribution in [0.5, 0.6) is 11.5 Å². The molecule has 5 aromatic rings. The predicted molar refractivity (Wildman–Crippen MR) is 285 cm³/mol. The highest BCUT2D eigenvalue weighted by Gasteiger charge is 2.15. The summed E-state index contributed by atoms with van der Waals surface area (Å²) in [5.41, 5.74) is 11.6. The van der Waals surface area contributed by atoms with E-state index in [1.807, 2.05) is 0 Å². The number of aromatic amines is 2. The van der Waals surface area contributed by atoms with Crippen molar-refractivity contribution in [2.45, 2.75) is 98.8 Å². The molecule has 0 radical (unpaired) electrons. The molecule has 0 spiro atoms. The van der Waals surface area contributed by atoms with Crippen LogP contribution in [-0.2, 0) is 0 Å². The van der Waals surface area contributed by atoms with Gasteiger partial charge in [-0.05, 0) is 135 Å². The molecule has 0 fully saturated rings. The van der Waals surface area contributed by atoms with Crippen LogP contribution in [0.3, 0.4) is 0 Å². The molecular weight excluding hydrogens is 827 g/mol. The van der Waals surface area contributed by atoms with Crippen molar-refractivity contribution in [2.24, 2.45) is 0 Å². The third-order valence-electron chi connectivity index (χ3n) is 13.3. The van der Waals surface area contributed by atoms with E-state index in [0.717, 1.165) is 157 Å². The molecule has 0 saturated carbocycles. The molecule has 9 nitrogen and oxygen atoms in total. The van der Waals surface area contributed by atoms with Crippen molar-refractivity contribution >= 4 is 46.4 Å². The van der Waals surface area contributed by atoms with E-state index in [1.165, 1.54) is 51.4 Å². The number of hydrogen-bond donors (Lipinski definition) is 2. The maximum atomic E-state index is 6.49. The standard InChI is InChI=1S/C58H77N7O2/c1-6-11-12-13-14-15-16-17-18-39-66-51-24-19-22-45(41-51)57-53-30-26-47(59-53)43-49-28-32-55(61-49)58(56-33-29-50(62-56)44-48-27-31-54(57)60-48)46-23-20-25-52(42-46)67-40-21-34-65(37-35-63(7-2)8-3)38-36-64(9-4)10-5/h19-20,22-33,41-44,59,62H,6-18,21,34-40H2,1-5H3. The summed E-state index contributed by atoms with van der Waals surface area (Å²) in [4.78, 5) is 25.5. The van der Waals surface area contributed by atoms with Crippen LogP contribution in [0.15, 0.2) is 84.9 Å². The van der Waals surface area contributed by atoms with Crippen molar-refractivity contribution in [1.29, 1.82) is 0 Å². The molecular formula is C58H77N7O2. The number of unbranched alkanes of at least 4 members (excludes halogenated alkanes) is 8.